The van der Waals surface area contributed by atoms with E-state index in [-0.39, 0.29) is 17.3 Å². The molecule has 1 N–H and O–H groups in total. The monoisotopic (exact) mass is 814 g/mol. The van der Waals surface area contributed by atoms with Gasteiger partial charge in [-0.2, -0.15) is 0 Å². The second-order valence-corrected chi connectivity index (χ2v) is 15.2. The summed E-state index contributed by atoms with van der Waals surface area (Å²) in [7, 11) is 3.12. The summed E-state index contributed by atoms with van der Waals surface area (Å²) in [4.78, 5) is 32.9. The highest BCUT2D eigenvalue weighted by Gasteiger charge is 2.13. The quantitative estimate of drug-likeness (QED) is 0.121. The highest BCUT2D eigenvalue weighted by atomic mass is 35.5. The molecule has 57 heavy (non-hydrogen) atoms. The molecule has 0 aliphatic rings. The van der Waals surface area contributed by atoms with Gasteiger partial charge in [0, 0.05) is 24.0 Å². The fourth-order valence-corrected chi connectivity index (χ4v) is 7.57. The molecule has 0 bridgehead atoms. The van der Waals surface area contributed by atoms with Crippen LogP contribution in [0.3, 0.4) is 0 Å². The van der Waals surface area contributed by atoms with Crippen molar-refractivity contribution in [1.29, 1.82) is 0 Å². The van der Waals surface area contributed by atoms with Crippen LogP contribution in [0.1, 0.15) is 44.7 Å². The van der Waals surface area contributed by atoms with Gasteiger partial charge in [-0.1, -0.05) is 120 Å². The van der Waals surface area contributed by atoms with Crippen LogP contribution in [0.25, 0.3) is 20.4 Å². The number of aromatic nitrogens is 2. The number of para-hydroxylation sites is 2. The van der Waals surface area contributed by atoms with Gasteiger partial charge in [-0.05, 0) is 72.5 Å². The van der Waals surface area contributed by atoms with Crippen LogP contribution < -0.4 is 14.2 Å². The second kappa shape index (κ2) is 20.2. The lowest BCUT2D eigenvalue weighted by molar-refractivity contribution is 0.0975. The number of aryl methyl sites for hydroxylation is 2. The molecule has 0 fully saturated rings. The van der Waals surface area contributed by atoms with Crippen molar-refractivity contribution in [3.05, 3.63) is 172 Å². The molecule has 0 saturated carbocycles. The van der Waals surface area contributed by atoms with Gasteiger partial charge in [0.15, 0.2) is 39.0 Å². The molecule has 8 nitrogen and oxygen atoms in total. The molecule has 0 spiro atoms. The van der Waals surface area contributed by atoms with Crippen LogP contribution in [0, 0.1) is 0 Å². The maximum Gasteiger partial charge on any atom is 0.279 e. The number of ketones is 2. The smallest absolute Gasteiger partial charge is 0.279 e. The number of nitrogens with zero attached hydrogens (tertiary/aromatic N) is 2. The van der Waals surface area contributed by atoms with Crippen molar-refractivity contribution in [2.24, 2.45) is 0 Å². The summed E-state index contributed by atoms with van der Waals surface area (Å²) in [6.07, 6.45) is 2.17. The number of hydrogen-bond acceptors (Lipinski definition) is 10. The molecule has 0 atom stereocenters. The van der Waals surface area contributed by atoms with E-state index >= 15 is 0 Å². The number of Topliss-reactive ketones (excluding diaryl/α,β-unsaturated/α-hetero) is 2. The summed E-state index contributed by atoms with van der Waals surface area (Å²) in [5.74, 6) is 2.04. The third-order valence-corrected chi connectivity index (χ3v) is 10.7. The van der Waals surface area contributed by atoms with Crippen molar-refractivity contribution in [2.45, 2.75) is 25.7 Å². The molecule has 0 aliphatic carbocycles. The molecular weight excluding hydrogens is 776 g/mol. The first-order valence-corrected chi connectivity index (χ1v) is 20.0. The minimum atomic E-state index is 0.112. The Morgan fingerprint density at radius 3 is 1.61 bits per heavy atom. The van der Waals surface area contributed by atoms with Crippen LogP contribution >= 0.6 is 34.3 Å². The van der Waals surface area contributed by atoms with Crippen molar-refractivity contribution in [3.63, 3.8) is 0 Å². The molecule has 6 aromatic carbocycles. The zero-order valence-electron chi connectivity index (χ0n) is 31.3. The number of carbonyl (C=O) groups is 2. The molecule has 0 saturated heterocycles. The van der Waals surface area contributed by atoms with Gasteiger partial charge >= 0.3 is 0 Å². The molecule has 0 radical (unpaired) electrons. The summed E-state index contributed by atoms with van der Waals surface area (Å²) in [5.41, 5.74) is 5.37. The highest BCUT2D eigenvalue weighted by Crippen LogP contribution is 2.36. The van der Waals surface area contributed by atoms with E-state index in [1.807, 2.05) is 127 Å². The number of benzene rings is 6. The first kappa shape index (κ1) is 40.6. The van der Waals surface area contributed by atoms with Crippen LogP contribution in [0.15, 0.2) is 146 Å². The third kappa shape index (κ3) is 11.5. The molecule has 288 valence electrons. The lowest BCUT2D eigenvalue weighted by Crippen LogP contribution is -2.01. The zero-order chi connectivity index (χ0) is 40.0. The standard InChI is InChI=1S/C23H19NO3S.C16H16O3.C7H4ClNS/c1-26-21-15-16(11-13-19(25)17-7-3-2-4-8-17)12-14-20(21)27-23-24-18-9-5-6-10-22(18)28-23;1-19-16-11-12(8-10-15(16)18)7-9-14(17)13-5-3-2-4-6-13;8-7-9-5-3-1-2-4-6(5)10-7/h2-10,12,14-15H,11,13H2,1H3;2-6,8,10-11,18H,7,9H2,1H3;1-4H. The van der Waals surface area contributed by atoms with E-state index in [0.29, 0.717) is 52.6 Å². The minimum absolute atomic E-state index is 0.112. The summed E-state index contributed by atoms with van der Waals surface area (Å²) in [5, 5.41) is 10.1. The van der Waals surface area contributed by atoms with Gasteiger partial charge in [0.25, 0.3) is 5.19 Å². The van der Waals surface area contributed by atoms with E-state index in [1.54, 1.807) is 25.3 Å². The Hall–Kier alpha value is -6.07. The number of hydrogen-bond donors (Lipinski definition) is 1. The fraction of sp³-hybridized carbons (Fsp3) is 0.130. The number of carbonyl (C=O) groups excluding carboxylic acids is 2. The van der Waals surface area contributed by atoms with Gasteiger partial charge in [-0.15, -0.1) is 11.3 Å². The van der Waals surface area contributed by atoms with Crippen LogP contribution in [0.5, 0.6) is 28.2 Å². The van der Waals surface area contributed by atoms with Gasteiger partial charge < -0.3 is 19.3 Å². The lowest BCUT2D eigenvalue weighted by atomic mass is 10.0. The summed E-state index contributed by atoms with van der Waals surface area (Å²) >= 11 is 8.69. The summed E-state index contributed by atoms with van der Waals surface area (Å²) in [6.45, 7) is 0. The van der Waals surface area contributed by atoms with Crippen LogP contribution in [0.4, 0.5) is 0 Å². The first-order chi connectivity index (χ1) is 27.8. The number of methoxy groups -OCH3 is 2. The maximum absolute atomic E-state index is 12.3. The van der Waals surface area contributed by atoms with Gasteiger partial charge in [0.2, 0.25) is 0 Å². The average molecular weight is 815 g/mol. The molecular formula is C46H39ClN2O6S2. The van der Waals surface area contributed by atoms with E-state index in [2.05, 4.69) is 9.97 Å². The number of thiazole rings is 2. The largest absolute Gasteiger partial charge is 0.504 e. The van der Waals surface area contributed by atoms with Gasteiger partial charge in [0.05, 0.1) is 34.7 Å². The van der Waals surface area contributed by atoms with E-state index < -0.39 is 0 Å². The van der Waals surface area contributed by atoms with Crippen LogP contribution in [0.2, 0.25) is 4.47 Å². The van der Waals surface area contributed by atoms with Gasteiger partial charge in [0.1, 0.15) is 0 Å². The SMILES string of the molecule is COc1cc(CCC(=O)c2ccccc2)ccc1O.COc1cc(CCC(=O)c2ccccc2)ccc1Oc1nc2ccccc2s1.Clc1nc2ccccc2s1. The number of ether oxygens (including phenoxy) is 3. The van der Waals surface area contributed by atoms with Crippen molar-refractivity contribution in [1.82, 2.24) is 9.97 Å². The van der Waals surface area contributed by atoms with E-state index in [9.17, 15) is 14.7 Å². The average Bonchev–Trinajstić information content (AvgIpc) is 3.85. The zero-order valence-corrected chi connectivity index (χ0v) is 33.7. The Kier molecular flexibility index (Phi) is 14.4. The maximum atomic E-state index is 12.3. The van der Waals surface area contributed by atoms with E-state index in [0.717, 1.165) is 42.7 Å². The molecule has 2 aromatic heterocycles. The Bertz CT molecular complexity index is 2490. The Morgan fingerprint density at radius 1 is 0.579 bits per heavy atom. The third-order valence-electron chi connectivity index (χ3n) is 8.68. The number of halogens is 1. The highest BCUT2D eigenvalue weighted by molar-refractivity contribution is 7.22. The summed E-state index contributed by atoms with van der Waals surface area (Å²) in [6, 6.07) is 45.3. The Labute approximate surface area is 343 Å². The molecule has 8 rings (SSSR count). The van der Waals surface area contributed by atoms with Gasteiger partial charge in [-0.3, -0.25) is 9.59 Å². The second-order valence-electron chi connectivity index (χ2n) is 12.6. The molecule has 0 amide bonds. The molecule has 8 aromatic rings. The van der Waals surface area contributed by atoms with E-state index in [4.69, 9.17) is 25.8 Å². The van der Waals surface area contributed by atoms with Crippen molar-refractivity contribution < 1.29 is 28.9 Å². The van der Waals surface area contributed by atoms with Crippen molar-refractivity contribution in [3.8, 4) is 28.2 Å². The molecule has 0 aliphatic heterocycles. The predicted molar refractivity (Wildman–Crippen MR) is 230 cm³/mol. The molecule has 2 heterocycles. The molecule has 11 heteroatoms. The lowest BCUT2D eigenvalue weighted by Gasteiger charge is -2.10. The molecule has 0 unspecified atom stereocenters. The van der Waals surface area contributed by atoms with Crippen molar-refractivity contribution >= 4 is 66.3 Å². The Balaban J connectivity index is 0.000000162. The number of rotatable bonds is 12. The van der Waals surface area contributed by atoms with E-state index in [1.165, 1.54) is 29.8 Å². The topological polar surface area (TPSA) is 108 Å². The normalized spacial score (nSPS) is 10.5. The number of fused-ring (bicyclic) bond motifs is 2. The summed E-state index contributed by atoms with van der Waals surface area (Å²) < 4.78 is 19.3. The van der Waals surface area contributed by atoms with Crippen LogP contribution in [-0.4, -0.2) is 40.9 Å². The van der Waals surface area contributed by atoms with Crippen LogP contribution in [-0.2, 0) is 12.8 Å². The number of phenolic OH excluding ortho intramolecular Hbond substituents is 1. The Morgan fingerprint density at radius 2 is 1.07 bits per heavy atom. The predicted octanol–water partition coefficient (Wildman–Crippen LogP) is 12.1. The number of phenols is 1. The minimum Gasteiger partial charge on any atom is -0.504 e. The fourth-order valence-electron chi connectivity index (χ4n) is 5.71. The van der Waals surface area contributed by atoms with Crippen molar-refractivity contribution in [2.75, 3.05) is 14.2 Å². The first-order valence-electron chi connectivity index (χ1n) is 18.0. The van der Waals surface area contributed by atoms with Gasteiger partial charge in [-0.25, -0.2) is 9.97 Å². The number of aromatic hydroxyl groups is 1.